The molecule has 0 saturated carbocycles. The summed E-state index contributed by atoms with van der Waals surface area (Å²) in [6, 6.07) is 9.97. The number of carbonyl (C=O) groups excluding carboxylic acids is 1. The molecule has 0 bridgehead atoms. The van der Waals surface area contributed by atoms with Gasteiger partial charge in [0.15, 0.2) is 0 Å². The Hall–Kier alpha value is -1.39. The van der Waals surface area contributed by atoms with Gasteiger partial charge in [-0.15, -0.1) is 0 Å². The molecule has 4 nitrogen and oxygen atoms in total. The number of amides is 1. The quantitative estimate of drug-likeness (QED) is 0.836. The average molecular weight is 261 g/mol. The number of nitrogens with zero attached hydrogens (tertiary/aromatic N) is 1. The monoisotopic (exact) mass is 261 g/mol. The first-order valence-corrected chi connectivity index (χ1v) is 6.96. The van der Waals surface area contributed by atoms with Crippen molar-refractivity contribution in [3.05, 3.63) is 35.9 Å². The van der Waals surface area contributed by atoms with Crippen LogP contribution in [0.3, 0.4) is 0 Å². The Kier molecular flexibility index (Phi) is 4.22. The molecule has 1 aromatic rings. The average Bonchev–Trinajstić information content (AvgIpc) is 2.86. The van der Waals surface area contributed by atoms with Gasteiger partial charge in [-0.1, -0.05) is 37.3 Å². The molecule has 104 valence electrons. The van der Waals surface area contributed by atoms with Crippen molar-refractivity contribution < 1.29 is 4.79 Å². The highest BCUT2D eigenvalue weighted by molar-refractivity contribution is 5.86. The fourth-order valence-corrected chi connectivity index (χ4v) is 2.93. The minimum atomic E-state index is -1.10. The molecule has 0 aromatic heterocycles. The summed E-state index contributed by atoms with van der Waals surface area (Å²) >= 11 is 0. The van der Waals surface area contributed by atoms with Crippen molar-refractivity contribution in [3.8, 4) is 0 Å². The van der Waals surface area contributed by atoms with Gasteiger partial charge in [-0.05, 0) is 31.4 Å². The Bertz CT molecular complexity index is 434. The molecule has 4 N–H and O–H groups in total. The van der Waals surface area contributed by atoms with E-state index < -0.39 is 11.4 Å². The third-order valence-electron chi connectivity index (χ3n) is 4.15. The zero-order valence-electron chi connectivity index (χ0n) is 11.5. The van der Waals surface area contributed by atoms with Gasteiger partial charge in [0.2, 0.25) is 5.91 Å². The van der Waals surface area contributed by atoms with E-state index in [0.717, 1.165) is 18.5 Å². The first-order chi connectivity index (χ1) is 9.08. The van der Waals surface area contributed by atoms with Crippen molar-refractivity contribution in [1.29, 1.82) is 0 Å². The fraction of sp³-hybridized carbons (Fsp3) is 0.533. The molecule has 4 heteroatoms. The highest BCUT2D eigenvalue weighted by Crippen LogP contribution is 2.26. The third kappa shape index (κ3) is 2.80. The number of nitrogens with two attached hydrogens (primary N) is 2. The van der Waals surface area contributed by atoms with Crippen molar-refractivity contribution in [1.82, 2.24) is 4.90 Å². The molecule has 19 heavy (non-hydrogen) atoms. The summed E-state index contributed by atoms with van der Waals surface area (Å²) in [6.07, 6.45) is 3.44. The van der Waals surface area contributed by atoms with Crippen LogP contribution >= 0.6 is 0 Å². The van der Waals surface area contributed by atoms with Gasteiger partial charge in [-0.25, -0.2) is 0 Å². The second-order valence-electron chi connectivity index (χ2n) is 5.38. The lowest BCUT2D eigenvalue weighted by Gasteiger charge is -2.34. The summed E-state index contributed by atoms with van der Waals surface area (Å²) in [7, 11) is 0. The number of hydrogen-bond donors (Lipinski definition) is 2. The van der Waals surface area contributed by atoms with Crippen molar-refractivity contribution in [2.24, 2.45) is 11.5 Å². The predicted molar refractivity (Wildman–Crippen MR) is 76.4 cm³/mol. The van der Waals surface area contributed by atoms with E-state index in [0.29, 0.717) is 12.6 Å². The lowest BCUT2D eigenvalue weighted by atomic mass is 9.89. The Morgan fingerprint density at radius 1 is 1.42 bits per heavy atom. The standard InChI is InChI=1S/C15H23N3O/c1-2-13-9-6-10-18(13)11-15(17,14(16)19)12-7-4-3-5-8-12/h3-5,7-8,13H,2,6,9-11,17H2,1H3,(H2,16,19). The van der Waals surface area contributed by atoms with Gasteiger partial charge in [-0.3, -0.25) is 9.69 Å². The summed E-state index contributed by atoms with van der Waals surface area (Å²) in [5.74, 6) is -0.458. The maximum absolute atomic E-state index is 11.9. The number of rotatable bonds is 5. The van der Waals surface area contributed by atoms with Gasteiger partial charge in [0.1, 0.15) is 5.54 Å². The van der Waals surface area contributed by atoms with E-state index in [9.17, 15) is 4.79 Å². The van der Waals surface area contributed by atoms with Crippen LogP contribution in [0.1, 0.15) is 31.7 Å². The zero-order valence-corrected chi connectivity index (χ0v) is 11.5. The SMILES string of the molecule is CCC1CCCN1CC(N)(C(N)=O)c1ccccc1. The first-order valence-electron chi connectivity index (χ1n) is 6.96. The smallest absolute Gasteiger partial charge is 0.243 e. The largest absolute Gasteiger partial charge is 0.368 e. The second-order valence-corrected chi connectivity index (χ2v) is 5.38. The molecule has 1 aromatic carbocycles. The fourth-order valence-electron chi connectivity index (χ4n) is 2.93. The van der Waals surface area contributed by atoms with Crippen LogP contribution in [0.5, 0.6) is 0 Å². The minimum Gasteiger partial charge on any atom is -0.368 e. The van der Waals surface area contributed by atoms with Crippen LogP contribution in [0, 0.1) is 0 Å². The van der Waals surface area contributed by atoms with E-state index in [2.05, 4.69) is 11.8 Å². The van der Waals surface area contributed by atoms with Gasteiger partial charge in [-0.2, -0.15) is 0 Å². The molecule has 2 rings (SSSR count). The minimum absolute atomic E-state index is 0.458. The van der Waals surface area contributed by atoms with Gasteiger partial charge >= 0.3 is 0 Å². The van der Waals surface area contributed by atoms with Crippen LogP contribution in [0.15, 0.2) is 30.3 Å². The Morgan fingerprint density at radius 2 is 2.11 bits per heavy atom. The van der Waals surface area contributed by atoms with Gasteiger partial charge < -0.3 is 11.5 Å². The van der Waals surface area contributed by atoms with Gasteiger partial charge in [0.05, 0.1) is 0 Å². The van der Waals surface area contributed by atoms with E-state index in [1.807, 2.05) is 30.3 Å². The third-order valence-corrected chi connectivity index (χ3v) is 4.15. The van der Waals surface area contributed by atoms with Crippen molar-refractivity contribution in [2.45, 2.75) is 37.8 Å². The highest BCUT2D eigenvalue weighted by Gasteiger charge is 2.38. The Labute approximate surface area is 114 Å². The maximum atomic E-state index is 11.9. The molecule has 2 atom stereocenters. The summed E-state index contributed by atoms with van der Waals surface area (Å²) in [4.78, 5) is 14.2. The molecule has 2 unspecified atom stereocenters. The van der Waals surface area contributed by atoms with Gasteiger partial charge in [0.25, 0.3) is 0 Å². The van der Waals surface area contributed by atoms with Crippen LogP contribution < -0.4 is 11.5 Å². The number of carbonyl (C=O) groups is 1. The summed E-state index contributed by atoms with van der Waals surface area (Å²) in [6.45, 7) is 3.68. The molecular formula is C15H23N3O. The summed E-state index contributed by atoms with van der Waals surface area (Å²) in [5, 5.41) is 0. The van der Waals surface area contributed by atoms with E-state index in [1.54, 1.807) is 0 Å². The topological polar surface area (TPSA) is 72.3 Å². The second kappa shape index (κ2) is 5.72. The normalized spacial score (nSPS) is 23.2. The van der Waals surface area contributed by atoms with E-state index in [1.165, 1.54) is 12.8 Å². The maximum Gasteiger partial charge on any atom is 0.243 e. The van der Waals surface area contributed by atoms with Crippen LogP contribution in [-0.4, -0.2) is 29.9 Å². The molecule has 1 amide bonds. The van der Waals surface area contributed by atoms with Gasteiger partial charge in [0, 0.05) is 12.6 Å². The van der Waals surface area contributed by atoms with Crippen LogP contribution in [0.2, 0.25) is 0 Å². The molecular weight excluding hydrogens is 238 g/mol. The molecule has 1 fully saturated rings. The van der Waals surface area contributed by atoms with Crippen molar-refractivity contribution >= 4 is 5.91 Å². The molecule has 1 saturated heterocycles. The van der Waals surface area contributed by atoms with Crippen molar-refractivity contribution in [3.63, 3.8) is 0 Å². The highest BCUT2D eigenvalue weighted by atomic mass is 16.1. The van der Waals surface area contributed by atoms with Crippen molar-refractivity contribution in [2.75, 3.05) is 13.1 Å². The molecule has 0 spiro atoms. The number of benzene rings is 1. The first kappa shape index (κ1) is 14.0. The summed E-state index contributed by atoms with van der Waals surface area (Å²) < 4.78 is 0. The predicted octanol–water partition coefficient (Wildman–Crippen LogP) is 1.20. The Morgan fingerprint density at radius 3 is 2.68 bits per heavy atom. The lowest BCUT2D eigenvalue weighted by molar-refractivity contribution is -0.124. The number of likely N-dealkylation sites (tertiary alicyclic amines) is 1. The molecule has 0 radical (unpaired) electrons. The Balaban J connectivity index is 2.23. The van der Waals surface area contributed by atoms with Crippen LogP contribution in [-0.2, 0) is 10.3 Å². The number of primary amides is 1. The number of hydrogen-bond acceptors (Lipinski definition) is 3. The molecule has 1 aliphatic rings. The molecule has 1 heterocycles. The van der Waals surface area contributed by atoms with Crippen LogP contribution in [0.4, 0.5) is 0 Å². The van der Waals surface area contributed by atoms with E-state index >= 15 is 0 Å². The van der Waals surface area contributed by atoms with E-state index in [4.69, 9.17) is 11.5 Å². The van der Waals surface area contributed by atoms with E-state index in [-0.39, 0.29) is 0 Å². The zero-order chi connectivity index (χ0) is 13.9. The summed E-state index contributed by atoms with van der Waals surface area (Å²) in [5.41, 5.74) is 11.6. The molecule has 0 aliphatic carbocycles. The lowest BCUT2D eigenvalue weighted by Crippen LogP contribution is -2.57. The van der Waals surface area contributed by atoms with Crippen LogP contribution in [0.25, 0.3) is 0 Å². The molecule has 1 aliphatic heterocycles.